The van der Waals surface area contributed by atoms with Gasteiger partial charge in [-0.2, -0.15) is 0 Å². The molecular formula is C15H29ClN2O. The van der Waals surface area contributed by atoms with Crippen LogP contribution in [0.4, 0.5) is 0 Å². The third-order valence-corrected chi connectivity index (χ3v) is 5.16. The maximum Gasteiger partial charge on any atom is 0.222 e. The average Bonchev–Trinajstić information content (AvgIpc) is 3.06. The highest BCUT2D eigenvalue weighted by Gasteiger charge is 2.36. The van der Waals surface area contributed by atoms with E-state index in [1.807, 2.05) is 0 Å². The molecule has 1 atom stereocenters. The van der Waals surface area contributed by atoms with Crippen molar-refractivity contribution in [2.75, 3.05) is 19.6 Å². The molecule has 0 aromatic rings. The van der Waals surface area contributed by atoms with Gasteiger partial charge in [0.2, 0.25) is 5.91 Å². The molecular weight excluding hydrogens is 260 g/mol. The fourth-order valence-electron chi connectivity index (χ4n) is 3.43. The Balaban J connectivity index is 0.00000180. The molecule has 2 fully saturated rings. The number of hydrogen-bond acceptors (Lipinski definition) is 2. The van der Waals surface area contributed by atoms with Crippen molar-refractivity contribution in [3.63, 3.8) is 0 Å². The fraction of sp³-hybridized carbons (Fsp3) is 0.933. The topological polar surface area (TPSA) is 32.3 Å². The Morgan fingerprint density at radius 1 is 1.37 bits per heavy atom. The van der Waals surface area contributed by atoms with E-state index in [1.54, 1.807) is 0 Å². The van der Waals surface area contributed by atoms with Crippen LogP contribution in [0.25, 0.3) is 0 Å². The SMILES string of the molecule is CCC1(CC)CCN(C(=O)CCC2CCCN2)C1.Cl. The molecule has 4 heteroatoms. The van der Waals surface area contributed by atoms with Gasteiger partial charge in [-0.25, -0.2) is 0 Å². The summed E-state index contributed by atoms with van der Waals surface area (Å²) in [6, 6.07) is 0.596. The summed E-state index contributed by atoms with van der Waals surface area (Å²) in [6.45, 7) is 7.65. The van der Waals surface area contributed by atoms with Crippen molar-refractivity contribution in [1.82, 2.24) is 10.2 Å². The lowest BCUT2D eigenvalue weighted by Gasteiger charge is -2.26. The molecule has 112 valence electrons. The summed E-state index contributed by atoms with van der Waals surface area (Å²) in [5, 5.41) is 3.47. The summed E-state index contributed by atoms with van der Waals surface area (Å²) in [5.41, 5.74) is 0.418. The molecule has 0 aromatic carbocycles. The van der Waals surface area contributed by atoms with E-state index in [1.165, 1.54) is 32.1 Å². The zero-order chi connectivity index (χ0) is 13.0. The predicted molar refractivity (Wildman–Crippen MR) is 81.7 cm³/mol. The van der Waals surface area contributed by atoms with Crippen molar-refractivity contribution in [2.45, 2.75) is 64.8 Å². The third-order valence-electron chi connectivity index (χ3n) is 5.16. The molecule has 0 radical (unpaired) electrons. The molecule has 1 N–H and O–H groups in total. The molecule has 0 saturated carbocycles. The standard InChI is InChI=1S/C15H28N2O.ClH/c1-3-15(4-2)9-11-17(12-15)14(18)8-7-13-6-5-10-16-13;/h13,16H,3-12H2,1-2H3;1H. The minimum absolute atomic E-state index is 0. The van der Waals surface area contributed by atoms with Crippen LogP contribution in [0.2, 0.25) is 0 Å². The second kappa shape index (κ2) is 7.49. The highest BCUT2D eigenvalue weighted by atomic mass is 35.5. The van der Waals surface area contributed by atoms with Crippen LogP contribution in [0.1, 0.15) is 58.8 Å². The van der Waals surface area contributed by atoms with E-state index in [0.717, 1.165) is 32.5 Å². The number of hydrogen-bond donors (Lipinski definition) is 1. The van der Waals surface area contributed by atoms with Crippen molar-refractivity contribution >= 4 is 18.3 Å². The Hall–Kier alpha value is -0.280. The first-order valence-electron chi connectivity index (χ1n) is 7.70. The molecule has 1 amide bonds. The van der Waals surface area contributed by atoms with Gasteiger partial charge in [-0.1, -0.05) is 13.8 Å². The molecule has 19 heavy (non-hydrogen) atoms. The Morgan fingerprint density at radius 2 is 2.11 bits per heavy atom. The van der Waals surface area contributed by atoms with Gasteiger partial charge < -0.3 is 10.2 Å². The molecule has 2 aliphatic heterocycles. The van der Waals surface area contributed by atoms with Crippen LogP contribution in [-0.4, -0.2) is 36.5 Å². The highest BCUT2D eigenvalue weighted by molar-refractivity contribution is 5.85. The number of likely N-dealkylation sites (tertiary alicyclic amines) is 1. The molecule has 0 aliphatic carbocycles. The van der Waals surface area contributed by atoms with E-state index in [4.69, 9.17) is 0 Å². The van der Waals surface area contributed by atoms with Crippen LogP contribution >= 0.6 is 12.4 Å². The van der Waals surface area contributed by atoms with Crippen LogP contribution in [0, 0.1) is 5.41 Å². The van der Waals surface area contributed by atoms with Crippen LogP contribution in [0.3, 0.4) is 0 Å². The smallest absolute Gasteiger partial charge is 0.222 e. The first kappa shape index (κ1) is 16.8. The van der Waals surface area contributed by atoms with Crippen LogP contribution in [0.15, 0.2) is 0 Å². The molecule has 2 aliphatic rings. The molecule has 0 spiro atoms. The van der Waals surface area contributed by atoms with Crippen molar-refractivity contribution in [2.24, 2.45) is 5.41 Å². The molecule has 2 saturated heterocycles. The number of rotatable bonds is 5. The number of nitrogens with zero attached hydrogens (tertiary/aromatic N) is 1. The summed E-state index contributed by atoms with van der Waals surface area (Å²) in [5.74, 6) is 0.382. The molecule has 3 nitrogen and oxygen atoms in total. The van der Waals surface area contributed by atoms with Crippen molar-refractivity contribution in [1.29, 1.82) is 0 Å². The lowest BCUT2D eigenvalue weighted by molar-refractivity contribution is -0.130. The van der Waals surface area contributed by atoms with Gasteiger partial charge in [0.05, 0.1) is 0 Å². The summed E-state index contributed by atoms with van der Waals surface area (Å²) in [4.78, 5) is 14.3. The minimum atomic E-state index is 0. The van der Waals surface area contributed by atoms with Crippen molar-refractivity contribution in [3.8, 4) is 0 Å². The van der Waals surface area contributed by atoms with E-state index in [-0.39, 0.29) is 12.4 Å². The monoisotopic (exact) mass is 288 g/mol. The number of carbonyl (C=O) groups is 1. The summed E-state index contributed by atoms with van der Waals surface area (Å²) < 4.78 is 0. The van der Waals surface area contributed by atoms with E-state index >= 15 is 0 Å². The van der Waals surface area contributed by atoms with Gasteiger partial charge in [0.25, 0.3) is 0 Å². The first-order chi connectivity index (χ1) is 8.69. The number of nitrogens with one attached hydrogen (secondary N) is 1. The van der Waals surface area contributed by atoms with Gasteiger partial charge in [0.15, 0.2) is 0 Å². The van der Waals surface area contributed by atoms with E-state index in [2.05, 4.69) is 24.1 Å². The van der Waals surface area contributed by atoms with Gasteiger partial charge in [-0.05, 0) is 50.5 Å². The maximum absolute atomic E-state index is 12.2. The quantitative estimate of drug-likeness (QED) is 0.843. The zero-order valence-corrected chi connectivity index (χ0v) is 13.2. The van der Waals surface area contributed by atoms with Crippen molar-refractivity contribution < 1.29 is 4.79 Å². The maximum atomic E-state index is 12.2. The Kier molecular flexibility index (Phi) is 6.61. The van der Waals surface area contributed by atoms with Gasteiger partial charge in [0, 0.05) is 25.6 Å². The summed E-state index contributed by atoms with van der Waals surface area (Å²) >= 11 is 0. The number of amides is 1. The van der Waals surface area contributed by atoms with Gasteiger partial charge >= 0.3 is 0 Å². The van der Waals surface area contributed by atoms with E-state index < -0.39 is 0 Å². The molecule has 0 bridgehead atoms. The van der Waals surface area contributed by atoms with E-state index in [0.29, 0.717) is 17.4 Å². The minimum Gasteiger partial charge on any atom is -0.342 e. The predicted octanol–water partition coefficient (Wildman–Crippen LogP) is 2.98. The lowest BCUT2D eigenvalue weighted by Crippen LogP contribution is -2.33. The van der Waals surface area contributed by atoms with Crippen LogP contribution in [0.5, 0.6) is 0 Å². The first-order valence-corrected chi connectivity index (χ1v) is 7.70. The third kappa shape index (κ3) is 4.09. The average molecular weight is 289 g/mol. The second-order valence-corrected chi connectivity index (χ2v) is 6.10. The van der Waals surface area contributed by atoms with Crippen molar-refractivity contribution in [3.05, 3.63) is 0 Å². The van der Waals surface area contributed by atoms with Crippen LogP contribution in [-0.2, 0) is 4.79 Å². The largest absolute Gasteiger partial charge is 0.342 e. The lowest BCUT2D eigenvalue weighted by atomic mass is 9.82. The molecule has 1 unspecified atom stereocenters. The Bertz CT molecular complexity index is 286. The molecule has 2 heterocycles. The molecule has 2 rings (SSSR count). The highest BCUT2D eigenvalue weighted by Crippen LogP contribution is 2.37. The number of halogens is 1. The fourth-order valence-corrected chi connectivity index (χ4v) is 3.43. The van der Waals surface area contributed by atoms with Gasteiger partial charge in [0.1, 0.15) is 0 Å². The van der Waals surface area contributed by atoms with Crippen LogP contribution < -0.4 is 5.32 Å². The van der Waals surface area contributed by atoms with Gasteiger partial charge in [-0.15, -0.1) is 12.4 Å². The zero-order valence-electron chi connectivity index (χ0n) is 12.4. The second-order valence-electron chi connectivity index (χ2n) is 6.10. The normalized spacial score (nSPS) is 25.4. The Labute approximate surface area is 123 Å². The number of carbonyl (C=O) groups excluding carboxylic acids is 1. The summed E-state index contributed by atoms with van der Waals surface area (Å²) in [6.07, 6.45) is 7.91. The van der Waals surface area contributed by atoms with E-state index in [9.17, 15) is 4.79 Å². The Morgan fingerprint density at radius 3 is 2.63 bits per heavy atom. The molecule has 0 aromatic heterocycles. The van der Waals surface area contributed by atoms with Gasteiger partial charge in [-0.3, -0.25) is 4.79 Å². The summed E-state index contributed by atoms with van der Waals surface area (Å²) in [7, 11) is 0.